The average molecular weight is 330 g/mol. The van der Waals surface area contributed by atoms with Gasteiger partial charge in [0.15, 0.2) is 0 Å². The first-order valence-electron chi connectivity index (χ1n) is 7.68. The summed E-state index contributed by atoms with van der Waals surface area (Å²) in [5.41, 5.74) is 1.61. The van der Waals surface area contributed by atoms with Crippen LogP contribution in [0.2, 0.25) is 0 Å². The lowest BCUT2D eigenvalue weighted by atomic mass is 10.1. The number of hydrogen-bond acceptors (Lipinski definition) is 5. The van der Waals surface area contributed by atoms with Crippen molar-refractivity contribution in [2.24, 2.45) is 0 Å². The highest BCUT2D eigenvalue weighted by atomic mass is 16.5. The highest BCUT2D eigenvalue weighted by Gasteiger charge is 2.29. The molecule has 0 bridgehead atoms. The van der Waals surface area contributed by atoms with Crippen molar-refractivity contribution >= 4 is 11.9 Å². The standard InChI is InChI=1S/C16H18N4O4/c21-15(20-6-7-24-11-13(20)8-16(22)23)10-19-9-14(17-18-19)12-4-2-1-3-5-12/h1-5,9,13H,6-8,10-11H2,(H,22,23). The number of aliphatic carboxylic acids is 1. The fraction of sp³-hybridized carbons (Fsp3) is 0.375. The van der Waals surface area contributed by atoms with E-state index < -0.39 is 12.0 Å². The molecule has 2 heterocycles. The molecule has 1 aliphatic heterocycles. The predicted octanol–water partition coefficient (Wildman–Crippen LogP) is 0.647. The summed E-state index contributed by atoms with van der Waals surface area (Å²) in [6.07, 6.45) is 1.58. The van der Waals surface area contributed by atoms with Crippen LogP contribution in [-0.4, -0.2) is 62.7 Å². The summed E-state index contributed by atoms with van der Waals surface area (Å²) in [4.78, 5) is 25.0. The molecule has 0 saturated carbocycles. The Morgan fingerprint density at radius 1 is 1.29 bits per heavy atom. The number of ether oxygens (including phenoxy) is 1. The van der Waals surface area contributed by atoms with E-state index in [0.29, 0.717) is 18.8 Å². The first-order chi connectivity index (χ1) is 11.6. The van der Waals surface area contributed by atoms with Crippen LogP contribution < -0.4 is 0 Å². The third-order valence-corrected chi connectivity index (χ3v) is 3.86. The number of aromatic nitrogens is 3. The van der Waals surface area contributed by atoms with Crippen LogP contribution in [0.4, 0.5) is 0 Å². The number of carbonyl (C=O) groups excluding carboxylic acids is 1. The van der Waals surface area contributed by atoms with Crippen molar-refractivity contribution in [2.45, 2.75) is 19.0 Å². The zero-order valence-corrected chi connectivity index (χ0v) is 13.0. The molecule has 24 heavy (non-hydrogen) atoms. The van der Waals surface area contributed by atoms with Gasteiger partial charge in [-0.15, -0.1) is 5.10 Å². The molecule has 1 amide bonds. The van der Waals surface area contributed by atoms with Crippen molar-refractivity contribution < 1.29 is 19.4 Å². The molecule has 1 aromatic carbocycles. The van der Waals surface area contributed by atoms with Gasteiger partial charge in [-0.3, -0.25) is 9.59 Å². The van der Waals surface area contributed by atoms with Gasteiger partial charge in [0.2, 0.25) is 5.91 Å². The number of carboxylic acid groups (broad SMARTS) is 1. The Labute approximate surface area is 138 Å². The van der Waals surface area contributed by atoms with Gasteiger partial charge < -0.3 is 14.7 Å². The maximum absolute atomic E-state index is 12.5. The molecule has 2 aromatic rings. The Balaban J connectivity index is 1.68. The summed E-state index contributed by atoms with van der Waals surface area (Å²) in [6.45, 7) is 1.06. The van der Waals surface area contributed by atoms with Crippen LogP contribution in [0.15, 0.2) is 36.5 Å². The number of amides is 1. The van der Waals surface area contributed by atoms with E-state index in [9.17, 15) is 9.59 Å². The summed E-state index contributed by atoms with van der Waals surface area (Å²) in [7, 11) is 0. The summed E-state index contributed by atoms with van der Waals surface area (Å²) in [6, 6.07) is 9.12. The van der Waals surface area contributed by atoms with Gasteiger partial charge in [0.25, 0.3) is 0 Å². The number of rotatable bonds is 5. The molecule has 1 fully saturated rings. The second kappa shape index (κ2) is 7.22. The largest absolute Gasteiger partial charge is 0.481 e. The van der Waals surface area contributed by atoms with E-state index in [2.05, 4.69) is 10.3 Å². The third kappa shape index (κ3) is 3.77. The van der Waals surface area contributed by atoms with Gasteiger partial charge in [0, 0.05) is 12.1 Å². The molecule has 1 unspecified atom stereocenters. The highest BCUT2D eigenvalue weighted by molar-refractivity contribution is 5.77. The predicted molar refractivity (Wildman–Crippen MR) is 84.0 cm³/mol. The van der Waals surface area contributed by atoms with Gasteiger partial charge in [-0.1, -0.05) is 35.5 Å². The minimum Gasteiger partial charge on any atom is -0.481 e. The van der Waals surface area contributed by atoms with E-state index in [1.165, 1.54) is 4.68 Å². The van der Waals surface area contributed by atoms with E-state index in [0.717, 1.165) is 5.56 Å². The molecule has 0 spiro atoms. The van der Waals surface area contributed by atoms with Gasteiger partial charge >= 0.3 is 5.97 Å². The molecule has 0 aliphatic carbocycles. The minimum atomic E-state index is -0.949. The van der Waals surface area contributed by atoms with Crippen LogP contribution in [0.1, 0.15) is 6.42 Å². The number of hydrogen-bond donors (Lipinski definition) is 1. The second-order valence-electron chi connectivity index (χ2n) is 5.58. The lowest BCUT2D eigenvalue weighted by Crippen LogP contribution is -2.50. The monoisotopic (exact) mass is 330 g/mol. The summed E-state index contributed by atoms with van der Waals surface area (Å²) in [5.74, 6) is -1.13. The van der Waals surface area contributed by atoms with Crippen LogP contribution >= 0.6 is 0 Å². The van der Waals surface area contributed by atoms with E-state index in [4.69, 9.17) is 9.84 Å². The van der Waals surface area contributed by atoms with Crippen molar-refractivity contribution in [3.05, 3.63) is 36.5 Å². The molecule has 8 nitrogen and oxygen atoms in total. The molecule has 1 N–H and O–H groups in total. The Morgan fingerprint density at radius 2 is 2.08 bits per heavy atom. The quantitative estimate of drug-likeness (QED) is 0.864. The van der Waals surface area contributed by atoms with Gasteiger partial charge in [-0.2, -0.15) is 0 Å². The molecule has 126 valence electrons. The molecular formula is C16H18N4O4. The zero-order valence-electron chi connectivity index (χ0n) is 13.0. The maximum Gasteiger partial charge on any atom is 0.305 e. The number of morpholine rings is 1. The van der Waals surface area contributed by atoms with Crippen LogP contribution in [0.5, 0.6) is 0 Å². The maximum atomic E-state index is 12.5. The van der Waals surface area contributed by atoms with Gasteiger partial charge in [0.1, 0.15) is 12.2 Å². The minimum absolute atomic E-state index is 0.0238. The number of carbonyl (C=O) groups is 2. The number of nitrogens with zero attached hydrogens (tertiary/aromatic N) is 4. The first-order valence-corrected chi connectivity index (χ1v) is 7.68. The molecule has 0 radical (unpaired) electrons. The topological polar surface area (TPSA) is 97.6 Å². The molecule has 1 aromatic heterocycles. The van der Waals surface area contributed by atoms with Crippen LogP contribution in [0.25, 0.3) is 11.3 Å². The van der Waals surface area contributed by atoms with Crippen LogP contribution in [0, 0.1) is 0 Å². The van der Waals surface area contributed by atoms with Crippen LogP contribution in [0.3, 0.4) is 0 Å². The fourth-order valence-corrected chi connectivity index (χ4v) is 2.70. The van der Waals surface area contributed by atoms with Crippen molar-refractivity contribution in [3.8, 4) is 11.3 Å². The van der Waals surface area contributed by atoms with Gasteiger partial charge in [-0.05, 0) is 0 Å². The fourth-order valence-electron chi connectivity index (χ4n) is 2.70. The first kappa shape index (κ1) is 16.1. The number of carboxylic acids is 1. The molecule has 1 saturated heterocycles. The highest BCUT2D eigenvalue weighted by Crippen LogP contribution is 2.16. The Morgan fingerprint density at radius 3 is 2.83 bits per heavy atom. The average Bonchev–Trinajstić information content (AvgIpc) is 3.04. The Kier molecular flexibility index (Phi) is 4.85. The smallest absolute Gasteiger partial charge is 0.305 e. The molecule has 3 rings (SSSR count). The lowest BCUT2D eigenvalue weighted by molar-refractivity contribution is -0.146. The number of benzene rings is 1. The SMILES string of the molecule is O=C(O)CC1COCCN1C(=O)Cn1cc(-c2ccccc2)nn1. The normalized spacial score (nSPS) is 17.7. The molecular weight excluding hydrogens is 312 g/mol. The van der Waals surface area contributed by atoms with E-state index >= 15 is 0 Å². The van der Waals surface area contributed by atoms with Crippen molar-refractivity contribution in [3.63, 3.8) is 0 Å². The molecule has 8 heteroatoms. The van der Waals surface area contributed by atoms with Crippen molar-refractivity contribution in [1.82, 2.24) is 19.9 Å². The Bertz CT molecular complexity index is 716. The van der Waals surface area contributed by atoms with Crippen molar-refractivity contribution in [1.29, 1.82) is 0 Å². The Hall–Kier alpha value is -2.74. The summed E-state index contributed by atoms with van der Waals surface area (Å²) >= 11 is 0. The zero-order chi connectivity index (χ0) is 16.9. The summed E-state index contributed by atoms with van der Waals surface area (Å²) in [5, 5.41) is 17.0. The van der Waals surface area contributed by atoms with Crippen LogP contribution in [-0.2, 0) is 20.9 Å². The van der Waals surface area contributed by atoms with Gasteiger partial charge in [-0.25, -0.2) is 4.68 Å². The second-order valence-corrected chi connectivity index (χ2v) is 5.58. The van der Waals surface area contributed by atoms with Crippen molar-refractivity contribution in [2.75, 3.05) is 19.8 Å². The molecule has 1 atom stereocenters. The summed E-state index contributed by atoms with van der Waals surface area (Å²) < 4.78 is 6.75. The molecule has 1 aliphatic rings. The van der Waals surface area contributed by atoms with E-state index in [-0.39, 0.29) is 25.5 Å². The van der Waals surface area contributed by atoms with E-state index in [1.54, 1.807) is 11.1 Å². The third-order valence-electron chi connectivity index (χ3n) is 3.86. The van der Waals surface area contributed by atoms with Gasteiger partial charge in [0.05, 0.1) is 31.9 Å². The lowest BCUT2D eigenvalue weighted by Gasteiger charge is -2.34. The van der Waals surface area contributed by atoms with E-state index in [1.807, 2.05) is 30.3 Å².